The van der Waals surface area contributed by atoms with Crippen LogP contribution in [-0.4, -0.2) is 49.3 Å². The van der Waals surface area contributed by atoms with E-state index in [1.807, 2.05) is 49.4 Å². The van der Waals surface area contributed by atoms with E-state index >= 15 is 0 Å². The number of hydrogen-bond acceptors (Lipinski definition) is 5. The number of halogens is 1. The van der Waals surface area contributed by atoms with Crippen molar-refractivity contribution in [2.75, 3.05) is 26.2 Å². The van der Waals surface area contributed by atoms with E-state index in [2.05, 4.69) is 10.2 Å². The van der Waals surface area contributed by atoms with Gasteiger partial charge in [-0.05, 0) is 37.3 Å². The Morgan fingerprint density at radius 2 is 2.00 bits per heavy atom. The van der Waals surface area contributed by atoms with E-state index in [0.717, 1.165) is 22.8 Å². The molecule has 2 unspecified atom stereocenters. The predicted molar refractivity (Wildman–Crippen MR) is 111 cm³/mol. The van der Waals surface area contributed by atoms with Crippen LogP contribution in [0.1, 0.15) is 18.9 Å². The molecule has 2 atom stereocenters. The van der Waals surface area contributed by atoms with E-state index in [9.17, 15) is 4.79 Å². The van der Waals surface area contributed by atoms with Crippen molar-refractivity contribution < 1.29 is 19.0 Å². The maximum Gasteiger partial charge on any atom is 0.234 e. The highest BCUT2D eigenvalue weighted by atomic mass is 35.5. The van der Waals surface area contributed by atoms with Gasteiger partial charge in [0.05, 0.1) is 6.54 Å². The third kappa shape index (κ3) is 5.14. The Labute approximate surface area is 175 Å². The molecule has 0 aliphatic carbocycles. The van der Waals surface area contributed by atoms with E-state index < -0.39 is 0 Å². The second-order valence-corrected chi connectivity index (χ2v) is 7.92. The summed E-state index contributed by atoms with van der Waals surface area (Å²) in [5.41, 5.74) is 1.00. The zero-order valence-corrected chi connectivity index (χ0v) is 17.2. The number of carbonyl (C=O) groups is 1. The lowest BCUT2D eigenvalue weighted by Crippen LogP contribution is -2.41. The molecule has 2 aromatic carbocycles. The molecule has 1 amide bonds. The minimum absolute atomic E-state index is 0.00178. The van der Waals surface area contributed by atoms with E-state index in [-0.39, 0.29) is 18.1 Å². The first kappa shape index (κ1) is 19.9. The summed E-state index contributed by atoms with van der Waals surface area (Å²) < 4.78 is 17.6. The number of hydrogen-bond donors (Lipinski definition) is 1. The Kier molecular flexibility index (Phi) is 6.11. The lowest BCUT2D eigenvalue weighted by Gasteiger charge is -2.26. The Hall–Kier alpha value is -2.44. The van der Waals surface area contributed by atoms with Gasteiger partial charge < -0.3 is 19.5 Å². The van der Waals surface area contributed by atoms with Crippen molar-refractivity contribution in [2.24, 2.45) is 0 Å². The van der Waals surface area contributed by atoms with Crippen LogP contribution in [0, 0.1) is 0 Å². The average Bonchev–Trinajstić information content (AvgIpc) is 2.84. The summed E-state index contributed by atoms with van der Waals surface area (Å²) in [6.07, 6.45) is 0.627. The number of nitrogens with one attached hydrogen (secondary N) is 1. The first-order chi connectivity index (χ1) is 14.1. The number of rotatable bonds is 5. The third-order valence-electron chi connectivity index (χ3n) is 4.98. The molecule has 2 heterocycles. The second-order valence-electron chi connectivity index (χ2n) is 7.49. The number of carbonyl (C=O) groups excluding carboxylic acids is 1. The molecule has 0 radical (unpaired) electrons. The maximum absolute atomic E-state index is 12.5. The molecule has 0 spiro atoms. The average molecular weight is 417 g/mol. The van der Waals surface area contributed by atoms with Crippen molar-refractivity contribution >= 4 is 17.5 Å². The number of para-hydroxylation sites is 2. The summed E-state index contributed by atoms with van der Waals surface area (Å²) >= 11 is 6.12. The van der Waals surface area contributed by atoms with Gasteiger partial charge in [-0.2, -0.15) is 0 Å². The molecule has 0 bridgehead atoms. The Bertz CT molecular complexity index is 876. The van der Waals surface area contributed by atoms with Crippen molar-refractivity contribution in [3.05, 3.63) is 53.1 Å². The monoisotopic (exact) mass is 416 g/mol. The molecule has 2 aliphatic heterocycles. The number of fused-ring (bicyclic) bond motifs is 2. The highest BCUT2D eigenvalue weighted by Gasteiger charge is 2.23. The zero-order chi connectivity index (χ0) is 20.2. The summed E-state index contributed by atoms with van der Waals surface area (Å²) in [6, 6.07) is 13.2. The molecule has 0 saturated carbocycles. The Balaban J connectivity index is 1.25. The number of amides is 1. The molecule has 0 aromatic heterocycles. The molecular weight excluding hydrogens is 392 g/mol. The highest BCUT2D eigenvalue weighted by molar-refractivity contribution is 6.30. The van der Waals surface area contributed by atoms with Crippen LogP contribution in [0.3, 0.4) is 0 Å². The van der Waals surface area contributed by atoms with Crippen LogP contribution in [0.2, 0.25) is 5.02 Å². The predicted octanol–water partition coefficient (Wildman–Crippen LogP) is 3.27. The molecule has 0 saturated heterocycles. The van der Waals surface area contributed by atoms with E-state index in [4.69, 9.17) is 25.8 Å². The van der Waals surface area contributed by atoms with Gasteiger partial charge in [-0.1, -0.05) is 23.7 Å². The minimum atomic E-state index is -0.0640. The maximum atomic E-state index is 12.5. The summed E-state index contributed by atoms with van der Waals surface area (Å²) in [5, 5.41) is 3.66. The number of nitrogens with zero attached hydrogens (tertiary/aromatic N) is 1. The van der Waals surface area contributed by atoms with Gasteiger partial charge in [0, 0.05) is 36.6 Å². The molecule has 1 N–H and O–H groups in total. The first-order valence-electron chi connectivity index (χ1n) is 9.89. The minimum Gasteiger partial charge on any atom is -0.489 e. The molecule has 7 heteroatoms. The molecule has 2 aromatic rings. The number of benzene rings is 2. The summed E-state index contributed by atoms with van der Waals surface area (Å²) in [4.78, 5) is 14.5. The van der Waals surface area contributed by atoms with Gasteiger partial charge >= 0.3 is 0 Å². The van der Waals surface area contributed by atoms with Gasteiger partial charge in [0.25, 0.3) is 0 Å². The van der Waals surface area contributed by atoms with Gasteiger partial charge in [-0.25, -0.2) is 0 Å². The zero-order valence-electron chi connectivity index (χ0n) is 16.4. The van der Waals surface area contributed by atoms with Gasteiger partial charge in [0.2, 0.25) is 5.91 Å². The number of ether oxygens (including phenoxy) is 3. The van der Waals surface area contributed by atoms with Crippen LogP contribution in [0.25, 0.3) is 0 Å². The van der Waals surface area contributed by atoms with E-state index in [0.29, 0.717) is 44.2 Å². The molecule has 6 nitrogen and oxygen atoms in total. The van der Waals surface area contributed by atoms with Gasteiger partial charge in [-0.15, -0.1) is 0 Å². The second kappa shape index (κ2) is 8.93. The fraction of sp³-hybridized carbons (Fsp3) is 0.409. The van der Waals surface area contributed by atoms with E-state index in [1.165, 1.54) is 0 Å². The lowest BCUT2D eigenvalue weighted by atomic mass is 10.2. The lowest BCUT2D eigenvalue weighted by molar-refractivity contribution is -0.122. The van der Waals surface area contributed by atoms with Crippen molar-refractivity contribution in [1.29, 1.82) is 0 Å². The molecule has 4 rings (SSSR count). The van der Waals surface area contributed by atoms with E-state index in [1.54, 1.807) is 0 Å². The van der Waals surface area contributed by atoms with Crippen molar-refractivity contribution in [3.63, 3.8) is 0 Å². The van der Waals surface area contributed by atoms with Crippen molar-refractivity contribution in [3.8, 4) is 17.2 Å². The summed E-state index contributed by atoms with van der Waals surface area (Å²) in [5.74, 6) is 2.34. The van der Waals surface area contributed by atoms with Gasteiger partial charge in [0.15, 0.2) is 11.5 Å². The van der Waals surface area contributed by atoms with Crippen LogP contribution in [-0.2, 0) is 11.3 Å². The standard InChI is InChI=1S/C22H25ClN2O4/c1-15-11-25(12-16-10-17(23)6-7-19(16)28-15)13-22(26)24-9-8-18-14-27-20-4-2-3-5-21(20)29-18/h2-7,10,15,18H,8-9,11-14H2,1H3,(H,24,26). The van der Waals surface area contributed by atoms with Crippen LogP contribution in [0.4, 0.5) is 0 Å². The summed E-state index contributed by atoms with van der Waals surface area (Å²) in [6.45, 7) is 4.65. The summed E-state index contributed by atoms with van der Waals surface area (Å²) in [7, 11) is 0. The third-order valence-corrected chi connectivity index (χ3v) is 5.22. The fourth-order valence-corrected chi connectivity index (χ4v) is 3.86. The normalized spacial score (nSPS) is 20.9. The van der Waals surface area contributed by atoms with Gasteiger partial charge in [0.1, 0.15) is 24.6 Å². The van der Waals surface area contributed by atoms with Crippen LogP contribution < -0.4 is 19.5 Å². The molecular formula is C22H25ClN2O4. The van der Waals surface area contributed by atoms with Crippen LogP contribution >= 0.6 is 11.6 Å². The topological polar surface area (TPSA) is 60.0 Å². The highest BCUT2D eigenvalue weighted by Crippen LogP contribution is 2.31. The molecule has 154 valence electrons. The Morgan fingerprint density at radius 3 is 2.86 bits per heavy atom. The molecule has 29 heavy (non-hydrogen) atoms. The van der Waals surface area contributed by atoms with Crippen molar-refractivity contribution in [2.45, 2.75) is 32.1 Å². The largest absolute Gasteiger partial charge is 0.489 e. The Morgan fingerprint density at radius 1 is 1.17 bits per heavy atom. The first-order valence-corrected chi connectivity index (χ1v) is 10.3. The van der Waals surface area contributed by atoms with Crippen LogP contribution in [0.5, 0.6) is 17.2 Å². The van der Waals surface area contributed by atoms with Gasteiger partial charge in [-0.3, -0.25) is 9.69 Å². The SMILES string of the molecule is CC1CN(CC(=O)NCCC2COc3ccccc3O2)Cc2cc(Cl)ccc2O1. The molecule has 2 aliphatic rings. The quantitative estimate of drug-likeness (QED) is 0.810. The smallest absolute Gasteiger partial charge is 0.234 e. The van der Waals surface area contributed by atoms with Crippen LogP contribution in [0.15, 0.2) is 42.5 Å². The fourth-order valence-electron chi connectivity index (χ4n) is 3.67. The molecule has 0 fully saturated rings. The van der Waals surface area contributed by atoms with Crippen molar-refractivity contribution in [1.82, 2.24) is 10.2 Å².